The van der Waals surface area contributed by atoms with Crippen molar-refractivity contribution in [2.24, 2.45) is 5.73 Å². The fraction of sp³-hybridized carbons (Fsp3) is 1.00. The van der Waals surface area contributed by atoms with Gasteiger partial charge in [-0.25, -0.2) is 0 Å². The number of fused-ring (bicyclic) bond motifs is 1. The molecule has 122 valence electrons. The summed E-state index contributed by atoms with van der Waals surface area (Å²) in [5.41, 5.74) is 6.58. The molecule has 0 bridgehead atoms. The van der Waals surface area contributed by atoms with Crippen molar-refractivity contribution in [3.05, 3.63) is 0 Å². The average Bonchev–Trinajstić information content (AvgIpc) is 2.54. The minimum Gasteiger partial charge on any atom is -0.329 e. The van der Waals surface area contributed by atoms with Crippen molar-refractivity contribution in [3.63, 3.8) is 0 Å². The van der Waals surface area contributed by atoms with E-state index >= 15 is 0 Å². The summed E-state index contributed by atoms with van der Waals surface area (Å²) < 4.78 is 0. The van der Waals surface area contributed by atoms with E-state index in [9.17, 15) is 0 Å². The standard InChI is InChI=1S/C17H34N4/c1-3-19-10-7-17(14-18,8-11-19)21-13-16-6-4-5-9-20(16)12-15(21)2/h15-16H,3-14,18H2,1-2H3. The number of piperazine rings is 1. The molecule has 0 aromatic rings. The van der Waals surface area contributed by atoms with Crippen LogP contribution < -0.4 is 5.73 Å². The lowest BCUT2D eigenvalue weighted by molar-refractivity contribution is -0.0664. The molecule has 3 aliphatic heterocycles. The second-order valence-corrected chi connectivity index (χ2v) is 7.51. The van der Waals surface area contributed by atoms with E-state index in [1.807, 2.05) is 0 Å². The molecule has 3 aliphatic rings. The predicted octanol–water partition coefficient (Wildman–Crippen LogP) is 1.36. The van der Waals surface area contributed by atoms with Crippen molar-refractivity contribution >= 4 is 0 Å². The van der Waals surface area contributed by atoms with E-state index < -0.39 is 0 Å². The molecule has 2 atom stereocenters. The van der Waals surface area contributed by atoms with Gasteiger partial charge in [0.1, 0.15) is 0 Å². The summed E-state index contributed by atoms with van der Waals surface area (Å²) in [5.74, 6) is 0. The van der Waals surface area contributed by atoms with Gasteiger partial charge in [0.25, 0.3) is 0 Å². The number of nitrogens with zero attached hydrogens (tertiary/aromatic N) is 3. The number of rotatable bonds is 3. The molecular formula is C17H34N4. The van der Waals surface area contributed by atoms with Crippen LogP contribution in [-0.2, 0) is 0 Å². The van der Waals surface area contributed by atoms with Crippen LogP contribution >= 0.6 is 0 Å². The summed E-state index contributed by atoms with van der Waals surface area (Å²) in [5, 5.41) is 0. The third kappa shape index (κ3) is 3.00. The van der Waals surface area contributed by atoms with Gasteiger partial charge in [0.2, 0.25) is 0 Å². The molecule has 3 rings (SSSR count). The Morgan fingerprint density at radius 1 is 1.10 bits per heavy atom. The van der Waals surface area contributed by atoms with Gasteiger partial charge in [-0.05, 0) is 58.8 Å². The van der Waals surface area contributed by atoms with Crippen molar-refractivity contribution in [1.29, 1.82) is 0 Å². The fourth-order valence-electron chi connectivity index (χ4n) is 4.91. The van der Waals surface area contributed by atoms with E-state index in [0.29, 0.717) is 6.04 Å². The molecule has 2 unspecified atom stereocenters. The van der Waals surface area contributed by atoms with Crippen LogP contribution in [0, 0.1) is 0 Å². The van der Waals surface area contributed by atoms with Gasteiger partial charge in [0.05, 0.1) is 0 Å². The minimum atomic E-state index is 0.272. The van der Waals surface area contributed by atoms with Crippen molar-refractivity contribution < 1.29 is 0 Å². The molecule has 0 radical (unpaired) electrons. The molecule has 4 nitrogen and oxygen atoms in total. The first-order valence-electron chi connectivity index (χ1n) is 9.12. The molecule has 0 aliphatic carbocycles. The second-order valence-electron chi connectivity index (χ2n) is 7.51. The SMILES string of the molecule is CCN1CCC(CN)(N2CC3CCCCN3CC2C)CC1. The first kappa shape index (κ1) is 15.7. The first-order chi connectivity index (χ1) is 10.2. The lowest BCUT2D eigenvalue weighted by atomic mass is 9.82. The summed E-state index contributed by atoms with van der Waals surface area (Å²) in [6, 6.07) is 1.46. The van der Waals surface area contributed by atoms with Gasteiger partial charge in [-0.3, -0.25) is 9.80 Å². The van der Waals surface area contributed by atoms with Gasteiger partial charge in [-0.2, -0.15) is 0 Å². The van der Waals surface area contributed by atoms with Crippen LogP contribution in [0.2, 0.25) is 0 Å². The fourth-order valence-corrected chi connectivity index (χ4v) is 4.91. The summed E-state index contributed by atoms with van der Waals surface area (Å²) in [7, 11) is 0. The molecule has 0 saturated carbocycles. The molecule has 21 heavy (non-hydrogen) atoms. The van der Waals surface area contributed by atoms with Crippen molar-refractivity contribution in [3.8, 4) is 0 Å². The third-order valence-electron chi connectivity index (χ3n) is 6.41. The largest absolute Gasteiger partial charge is 0.329 e. The molecule has 3 saturated heterocycles. The third-order valence-corrected chi connectivity index (χ3v) is 6.41. The van der Waals surface area contributed by atoms with Crippen molar-refractivity contribution in [1.82, 2.24) is 14.7 Å². The number of nitrogens with two attached hydrogens (primary N) is 1. The molecule has 3 fully saturated rings. The molecule has 0 amide bonds. The van der Waals surface area contributed by atoms with Gasteiger partial charge in [0.15, 0.2) is 0 Å². The predicted molar refractivity (Wildman–Crippen MR) is 88.5 cm³/mol. The van der Waals surface area contributed by atoms with Crippen LogP contribution in [-0.4, -0.2) is 78.1 Å². The highest BCUT2D eigenvalue weighted by molar-refractivity contribution is 5.02. The van der Waals surface area contributed by atoms with Crippen LogP contribution in [0.5, 0.6) is 0 Å². The summed E-state index contributed by atoms with van der Waals surface area (Å²) in [6.07, 6.45) is 6.73. The normalized spacial score (nSPS) is 35.6. The number of likely N-dealkylation sites (tertiary alicyclic amines) is 1. The maximum absolute atomic E-state index is 6.31. The number of hydrogen-bond donors (Lipinski definition) is 1. The highest BCUT2D eigenvalue weighted by Crippen LogP contribution is 2.34. The molecule has 0 spiro atoms. The van der Waals surface area contributed by atoms with Crippen LogP contribution in [0.3, 0.4) is 0 Å². The van der Waals surface area contributed by atoms with E-state index in [4.69, 9.17) is 5.73 Å². The lowest BCUT2D eigenvalue weighted by Gasteiger charge is -2.56. The number of hydrogen-bond acceptors (Lipinski definition) is 4. The van der Waals surface area contributed by atoms with E-state index in [2.05, 4.69) is 28.5 Å². The molecule has 2 N–H and O–H groups in total. The van der Waals surface area contributed by atoms with Crippen molar-refractivity contribution in [2.45, 2.75) is 63.6 Å². The molecular weight excluding hydrogens is 260 g/mol. The van der Waals surface area contributed by atoms with Crippen molar-refractivity contribution in [2.75, 3.05) is 45.8 Å². The zero-order valence-corrected chi connectivity index (χ0v) is 14.1. The smallest absolute Gasteiger partial charge is 0.0360 e. The maximum Gasteiger partial charge on any atom is 0.0360 e. The molecule has 0 aromatic carbocycles. The zero-order valence-electron chi connectivity index (χ0n) is 14.1. The molecule has 4 heteroatoms. The summed E-state index contributed by atoms with van der Waals surface area (Å²) >= 11 is 0. The Hall–Kier alpha value is -0.160. The van der Waals surface area contributed by atoms with Gasteiger partial charge >= 0.3 is 0 Å². The summed E-state index contributed by atoms with van der Waals surface area (Å²) in [6.45, 7) is 13.0. The lowest BCUT2D eigenvalue weighted by Crippen LogP contribution is -2.69. The maximum atomic E-state index is 6.31. The van der Waals surface area contributed by atoms with Gasteiger partial charge in [-0.15, -0.1) is 0 Å². The Morgan fingerprint density at radius 2 is 1.86 bits per heavy atom. The van der Waals surface area contributed by atoms with Crippen LogP contribution in [0.1, 0.15) is 46.0 Å². The van der Waals surface area contributed by atoms with Gasteiger partial charge < -0.3 is 10.6 Å². The monoisotopic (exact) mass is 294 g/mol. The Bertz CT molecular complexity index is 338. The first-order valence-corrected chi connectivity index (χ1v) is 9.12. The Balaban J connectivity index is 1.71. The number of piperidine rings is 2. The zero-order chi connectivity index (χ0) is 14.9. The van der Waals surface area contributed by atoms with E-state index in [0.717, 1.165) is 12.6 Å². The molecule has 0 aromatic heterocycles. The highest BCUT2D eigenvalue weighted by Gasteiger charge is 2.45. The van der Waals surface area contributed by atoms with Crippen LogP contribution in [0.25, 0.3) is 0 Å². The Morgan fingerprint density at radius 3 is 2.52 bits per heavy atom. The summed E-state index contributed by atoms with van der Waals surface area (Å²) in [4.78, 5) is 8.14. The molecule has 3 heterocycles. The van der Waals surface area contributed by atoms with Gasteiger partial charge in [-0.1, -0.05) is 13.3 Å². The Kier molecular flexibility index (Phi) is 4.89. The van der Waals surface area contributed by atoms with E-state index in [1.165, 1.54) is 71.4 Å². The average molecular weight is 294 g/mol. The highest BCUT2D eigenvalue weighted by atomic mass is 15.4. The Labute approximate surface area is 130 Å². The van der Waals surface area contributed by atoms with E-state index in [-0.39, 0.29) is 5.54 Å². The van der Waals surface area contributed by atoms with Crippen LogP contribution in [0.15, 0.2) is 0 Å². The quantitative estimate of drug-likeness (QED) is 0.852. The topological polar surface area (TPSA) is 35.7 Å². The second kappa shape index (κ2) is 6.53. The minimum absolute atomic E-state index is 0.272. The van der Waals surface area contributed by atoms with Crippen LogP contribution in [0.4, 0.5) is 0 Å². The van der Waals surface area contributed by atoms with Gasteiger partial charge in [0, 0.05) is 37.3 Å². The van der Waals surface area contributed by atoms with E-state index in [1.54, 1.807) is 0 Å².